The molecule has 0 saturated carbocycles. The van der Waals surface area contributed by atoms with Crippen LogP contribution in [-0.4, -0.2) is 30.3 Å². The van der Waals surface area contributed by atoms with Gasteiger partial charge in [0.15, 0.2) is 0 Å². The van der Waals surface area contributed by atoms with Gasteiger partial charge in [0.1, 0.15) is 18.5 Å². The second kappa shape index (κ2) is 8.75. The van der Waals surface area contributed by atoms with Crippen molar-refractivity contribution in [3.8, 4) is 5.75 Å². The van der Waals surface area contributed by atoms with Crippen LogP contribution in [0.5, 0.6) is 5.75 Å². The molecule has 1 amide bonds. The van der Waals surface area contributed by atoms with Crippen molar-refractivity contribution in [3.63, 3.8) is 0 Å². The van der Waals surface area contributed by atoms with E-state index in [1.807, 2.05) is 0 Å². The molecule has 2 rings (SSSR count). The van der Waals surface area contributed by atoms with Crippen LogP contribution in [0.1, 0.15) is 15.9 Å². The molecule has 0 bridgehead atoms. The first-order valence-electron chi connectivity index (χ1n) is 7.38. The van der Waals surface area contributed by atoms with Gasteiger partial charge in [0, 0.05) is 11.0 Å². The lowest BCUT2D eigenvalue weighted by Crippen LogP contribution is -2.35. The maximum Gasteiger partial charge on any atom is 0.416 e. The average Bonchev–Trinajstić information content (AvgIpc) is 2.59. The summed E-state index contributed by atoms with van der Waals surface area (Å²) in [6.45, 7) is -0.436. The maximum absolute atomic E-state index is 12.6. The summed E-state index contributed by atoms with van der Waals surface area (Å²) in [4.78, 5) is 12.1. The molecule has 0 heterocycles. The molecule has 2 N–H and O–H groups in total. The van der Waals surface area contributed by atoms with Crippen LogP contribution in [-0.2, 0) is 6.18 Å². The molecule has 0 saturated heterocycles. The number of ether oxygens (including phenoxy) is 1. The number of nitrogens with one attached hydrogen (secondary N) is 1. The second-order valence-corrected chi connectivity index (χ2v) is 6.65. The van der Waals surface area contributed by atoms with Crippen molar-refractivity contribution in [2.75, 3.05) is 13.2 Å². The molecule has 26 heavy (non-hydrogen) atoms. The molecule has 2 aromatic carbocycles. The zero-order valence-corrected chi connectivity index (χ0v) is 15.5. The molecule has 0 aliphatic carbocycles. The first kappa shape index (κ1) is 20.5. The first-order valence-corrected chi connectivity index (χ1v) is 8.55. The van der Waals surface area contributed by atoms with E-state index in [9.17, 15) is 23.1 Å². The van der Waals surface area contributed by atoms with Crippen LogP contribution in [0.25, 0.3) is 0 Å². The van der Waals surface area contributed by atoms with Crippen molar-refractivity contribution in [2.24, 2.45) is 0 Å². The zero-order valence-electron chi connectivity index (χ0n) is 13.2. The Hall–Kier alpha value is -1.77. The maximum atomic E-state index is 12.6. The molecule has 0 fully saturated rings. The van der Waals surface area contributed by atoms with E-state index in [1.54, 1.807) is 12.1 Å². The zero-order chi connectivity index (χ0) is 19.3. The Morgan fingerprint density at radius 3 is 2.69 bits per heavy atom. The highest BCUT2D eigenvalue weighted by Gasteiger charge is 2.30. The molecule has 0 aliphatic heterocycles. The van der Waals surface area contributed by atoms with Gasteiger partial charge in [0.25, 0.3) is 5.91 Å². The molecule has 9 heteroatoms. The molecule has 0 aromatic heterocycles. The average molecular weight is 453 g/mol. The van der Waals surface area contributed by atoms with Gasteiger partial charge >= 0.3 is 6.18 Å². The Morgan fingerprint density at radius 2 is 2.00 bits per heavy atom. The molecule has 0 aliphatic rings. The van der Waals surface area contributed by atoms with E-state index in [0.29, 0.717) is 4.47 Å². The quantitative estimate of drug-likeness (QED) is 0.687. The van der Waals surface area contributed by atoms with Gasteiger partial charge in [0.2, 0.25) is 0 Å². The van der Waals surface area contributed by atoms with Crippen LogP contribution in [0, 0.1) is 0 Å². The highest BCUT2D eigenvalue weighted by Crippen LogP contribution is 2.31. The summed E-state index contributed by atoms with van der Waals surface area (Å²) >= 11 is 9.17. The summed E-state index contributed by atoms with van der Waals surface area (Å²) in [7, 11) is 0. The number of hydrogen-bond donors (Lipinski definition) is 2. The second-order valence-electron chi connectivity index (χ2n) is 5.32. The van der Waals surface area contributed by atoms with Crippen molar-refractivity contribution < 1.29 is 27.8 Å². The molecule has 0 radical (unpaired) electrons. The number of carbonyl (C=O) groups excluding carboxylic acids is 1. The van der Waals surface area contributed by atoms with Gasteiger partial charge in [-0.2, -0.15) is 13.2 Å². The number of rotatable bonds is 6. The third kappa shape index (κ3) is 5.89. The Labute approximate surface area is 161 Å². The number of halogens is 5. The van der Waals surface area contributed by atoms with Crippen LogP contribution < -0.4 is 10.1 Å². The van der Waals surface area contributed by atoms with E-state index in [-0.39, 0.29) is 29.5 Å². The lowest BCUT2D eigenvalue weighted by atomic mass is 10.2. The number of aliphatic hydroxyl groups is 1. The van der Waals surface area contributed by atoms with Gasteiger partial charge in [-0.05, 0) is 36.4 Å². The molecule has 4 nitrogen and oxygen atoms in total. The predicted molar refractivity (Wildman–Crippen MR) is 94.4 cm³/mol. The van der Waals surface area contributed by atoms with Crippen LogP contribution in [0.4, 0.5) is 13.2 Å². The van der Waals surface area contributed by atoms with Crippen molar-refractivity contribution in [2.45, 2.75) is 12.3 Å². The number of amides is 1. The Bertz CT molecular complexity index is 786. The molecule has 1 unspecified atom stereocenters. The number of aliphatic hydroxyl groups excluding tert-OH is 1. The fourth-order valence-electron chi connectivity index (χ4n) is 1.99. The molecule has 140 valence electrons. The molecule has 1 atom stereocenters. The fourth-order valence-corrected chi connectivity index (χ4v) is 2.56. The van der Waals surface area contributed by atoms with E-state index in [1.165, 1.54) is 18.2 Å². The third-order valence-electron chi connectivity index (χ3n) is 3.28. The minimum absolute atomic E-state index is 0.0276. The van der Waals surface area contributed by atoms with Crippen molar-refractivity contribution >= 4 is 33.4 Å². The lowest BCUT2D eigenvalue weighted by molar-refractivity contribution is -0.137. The number of carbonyl (C=O) groups is 1. The summed E-state index contributed by atoms with van der Waals surface area (Å²) in [6.07, 6.45) is -5.59. The smallest absolute Gasteiger partial charge is 0.416 e. The van der Waals surface area contributed by atoms with E-state index >= 15 is 0 Å². The predicted octanol–water partition coefficient (Wildman–Crippen LogP) is 4.29. The van der Waals surface area contributed by atoms with Crippen LogP contribution in [0.15, 0.2) is 46.9 Å². The van der Waals surface area contributed by atoms with Gasteiger partial charge in [0.05, 0.1) is 16.1 Å². The first-order chi connectivity index (χ1) is 12.2. The molecule has 0 spiro atoms. The monoisotopic (exact) mass is 451 g/mol. The van der Waals surface area contributed by atoms with Crippen molar-refractivity contribution in [3.05, 3.63) is 63.1 Å². The SMILES string of the molecule is O=C(NCC(O)COc1cccc(C(F)(F)F)c1)c1cc(Br)ccc1Cl. The van der Waals surface area contributed by atoms with Gasteiger partial charge < -0.3 is 15.2 Å². The Kier molecular flexibility index (Phi) is 6.91. The summed E-state index contributed by atoms with van der Waals surface area (Å²) < 4.78 is 43.7. The summed E-state index contributed by atoms with van der Waals surface area (Å²) in [6, 6.07) is 9.08. The minimum Gasteiger partial charge on any atom is -0.491 e. The van der Waals surface area contributed by atoms with Crippen LogP contribution in [0.3, 0.4) is 0 Å². The van der Waals surface area contributed by atoms with Crippen LogP contribution >= 0.6 is 27.5 Å². The lowest BCUT2D eigenvalue weighted by Gasteiger charge is -2.15. The Balaban J connectivity index is 1.87. The number of alkyl halides is 3. The standard InChI is InChI=1S/C17H14BrClF3NO3/c18-11-4-5-15(19)14(7-11)16(25)23-8-12(24)9-26-13-3-1-2-10(6-13)17(20,21)22/h1-7,12,24H,8-9H2,(H,23,25). The van der Waals surface area contributed by atoms with Gasteiger partial charge in [-0.1, -0.05) is 33.6 Å². The topological polar surface area (TPSA) is 58.6 Å². The van der Waals surface area contributed by atoms with E-state index in [0.717, 1.165) is 12.1 Å². The highest BCUT2D eigenvalue weighted by molar-refractivity contribution is 9.10. The third-order valence-corrected chi connectivity index (χ3v) is 4.10. The van der Waals surface area contributed by atoms with E-state index < -0.39 is 23.8 Å². The summed E-state index contributed by atoms with van der Waals surface area (Å²) in [5.41, 5.74) is -0.617. The number of hydrogen-bond acceptors (Lipinski definition) is 3. The van der Waals surface area contributed by atoms with Gasteiger partial charge in [-0.25, -0.2) is 0 Å². The molecular weight excluding hydrogens is 439 g/mol. The molecular formula is C17H14BrClF3NO3. The van der Waals surface area contributed by atoms with Crippen LogP contribution in [0.2, 0.25) is 5.02 Å². The Morgan fingerprint density at radius 1 is 1.27 bits per heavy atom. The normalized spacial score (nSPS) is 12.5. The van der Waals surface area contributed by atoms with Gasteiger partial charge in [-0.15, -0.1) is 0 Å². The highest BCUT2D eigenvalue weighted by atomic mass is 79.9. The fraction of sp³-hybridized carbons (Fsp3) is 0.235. The molecule has 2 aromatic rings. The number of benzene rings is 2. The van der Waals surface area contributed by atoms with Gasteiger partial charge in [-0.3, -0.25) is 4.79 Å². The van der Waals surface area contributed by atoms with E-state index in [2.05, 4.69) is 21.2 Å². The van der Waals surface area contributed by atoms with Crippen molar-refractivity contribution in [1.82, 2.24) is 5.32 Å². The largest absolute Gasteiger partial charge is 0.491 e. The summed E-state index contributed by atoms with van der Waals surface area (Å²) in [5, 5.41) is 12.6. The van der Waals surface area contributed by atoms with E-state index in [4.69, 9.17) is 16.3 Å². The van der Waals surface area contributed by atoms with Crippen molar-refractivity contribution in [1.29, 1.82) is 0 Å². The minimum atomic E-state index is -4.48. The summed E-state index contributed by atoms with van der Waals surface area (Å²) in [5.74, 6) is -0.519.